The molecular weight excluding hydrogens is 398 g/mol. The molecule has 5 nitrogen and oxygen atoms in total. The topological polar surface area (TPSA) is 73.6 Å². The Morgan fingerprint density at radius 3 is 2.75 bits per heavy atom. The Bertz CT molecular complexity index is 916. The SMILES string of the molecule is C.C=C1CCC2C3CCC4=CC(=NOCCc5ncc(CN)o5)CC[C@]4(C)C3CC[C@]12C. The Morgan fingerprint density at radius 2 is 1.97 bits per heavy atom. The van der Waals surface area contributed by atoms with Gasteiger partial charge in [-0.3, -0.25) is 0 Å². The molecule has 5 atom stereocenters. The zero-order valence-electron chi connectivity index (χ0n) is 19.2. The average molecular weight is 440 g/mol. The zero-order chi connectivity index (χ0) is 21.6. The van der Waals surface area contributed by atoms with E-state index in [2.05, 4.69) is 36.6 Å². The van der Waals surface area contributed by atoms with Crippen molar-refractivity contribution >= 4 is 5.71 Å². The van der Waals surface area contributed by atoms with Gasteiger partial charge in [0.05, 0.1) is 24.9 Å². The largest absolute Gasteiger partial charge is 0.444 e. The second-order valence-electron chi connectivity index (χ2n) is 10.7. The fourth-order valence-electron chi connectivity index (χ4n) is 7.37. The van der Waals surface area contributed by atoms with Gasteiger partial charge in [-0.05, 0) is 86.0 Å². The maximum Gasteiger partial charge on any atom is 0.197 e. The highest BCUT2D eigenvalue weighted by molar-refractivity contribution is 5.96. The molecule has 4 aliphatic carbocycles. The van der Waals surface area contributed by atoms with Gasteiger partial charge >= 0.3 is 0 Å². The first kappa shape index (κ1) is 23.3. The van der Waals surface area contributed by atoms with Crippen molar-refractivity contribution in [2.75, 3.05) is 6.61 Å². The smallest absolute Gasteiger partial charge is 0.197 e. The van der Waals surface area contributed by atoms with E-state index < -0.39 is 0 Å². The predicted octanol–water partition coefficient (Wildman–Crippen LogP) is 6.20. The van der Waals surface area contributed by atoms with Crippen molar-refractivity contribution in [1.82, 2.24) is 4.98 Å². The van der Waals surface area contributed by atoms with E-state index in [1.54, 1.807) is 11.8 Å². The van der Waals surface area contributed by atoms with Crippen molar-refractivity contribution in [2.45, 2.75) is 85.6 Å². The fraction of sp³-hybridized carbons (Fsp3) is 0.704. The molecule has 2 N–H and O–H groups in total. The van der Waals surface area contributed by atoms with Crippen LogP contribution in [0.1, 0.15) is 84.3 Å². The molecule has 3 unspecified atom stereocenters. The third-order valence-corrected chi connectivity index (χ3v) is 9.32. The van der Waals surface area contributed by atoms with Crippen LogP contribution < -0.4 is 5.73 Å². The van der Waals surface area contributed by atoms with Crippen molar-refractivity contribution in [2.24, 2.45) is 39.5 Å². The number of aromatic nitrogens is 1. The number of hydrogen-bond acceptors (Lipinski definition) is 5. The molecule has 5 rings (SSSR count). The molecule has 0 aliphatic heterocycles. The number of hydrogen-bond donors (Lipinski definition) is 1. The maximum atomic E-state index is 5.62. The monoisotopic (exact) mass is 439 g/mol. The Morgan fingerprint density at radius 1 is 1.16 bits per heavy atom. The van der Waals surface area contributed by atoms with Crippen LogP contribution in [0.5, 0.6) is 0 Å². The van der Waals surface area contributed by atoms with E-state index in [-0.39, 0.29) is 7.43 Å². The predicted molar refractivity (Wildman–Crippen MR) is 129 cm³/mol. The normalized spacial score (nSPS) is 37.2. The summed E-state index contributed by atoms with van der Waals surface area (Å²) in [5.41, 5.74) is 10.5. The Kier molecular flexibility index (Phi) is 6.41. The van der Waals surface area contributed by atoms with Crippen LogP contribution in [0.3, 0.4) is 0 Å². The summed E-state index contributed by atoms with van der Waals surface area (Å²) in [6.07, 6.45) is 14.7. The highest BCUT2D eigenvalue weighted by Crippen LogP contribution is 2.66. The summed E-state index contributed by atoms with van der Waals surface area (Å²) in [5.74, 6) is 3.91. The van der Waals surface area contributed by atoms with Crippen LogP contribution in [0.2, 0.25) is 0 Å². The van der Waals surface area contributed by atoms with Crippen LogP contribution in [0.25, 0.3) is 0 Å². The summed E-state index contributed by atoms with van der Waals surface area (Å²) < 4.78 is 5.52. The van der Waals surface area contributed by atoms with Crippen molar-refractivity contribution in [3.63, 3.8) is 0 Å². The minimum absolute atomic E-state index is 0. The molecule has 0 bridgehead atoms. The highest BCUT2D eigenvalue weighted by Gasteiger charge is 2.57. The van der Waals surface area contributed by atoms with E-state index in [4.69, 9.17) is 15.0 Å². The summed E-state index contributed by atoms with van der Waals surface area (Å²) >= 11 is 0. The number of fused-ring (bicyclic) bond motifs is 5. The van der Waals surface area contributed by atoms with Crippen molar-refractivity contribution in [3.05, 3.63) is 41.6 Å². The lowest BCUT2D eigenvalue weighted by Gasteiger charge is -2.57. The van der Waals surface area contributed by atoms with Crippen molar-refractivity contribution in [3.8, 4) is 0 Å². The Hall–Kier alpha value is -1.88. The second kappa shape index (κ2) is 8.81. The Balaban J connectivity index is 0.00000245. The van der Waals surface area contributed by atoms with Gasteiger partial charge in [-0.15, -0.1) is 0 Å². The zero-order valence-corrected chi connectivity index (χ0v) is 19.2. The minimum Gasteiger partial charge on any atom is -0.444 e. The number of rotatable bonds is 5. The van der Waals surface area contributed by atoms with Crippen LogP contribution in [-0.4, -0.2) is 17.3 Å². The number of nitrogens with zero attached hydrogens (tertiary/aromatic N) is 2. The van der Waals surface area contributed by atoms with E-state index in [1.165, 1.54) is 50.5 Å². The molecule has 1 aromatic rings. The van der Waals surface area contributed by atoms with E-state index in [0.717, 1.165) is 29.9 Å². The standard InChI is InChI=1S/C26H37N3O2.CH4/c1-17-4-7-22-21-6-5-18-14-19(29-30-13-10-24-28-16-20(15-27)31-24)8-11-26(18,3)23(21)9-12-25(17,22)2;/h14,16,21-23H,1,4-13,15,27H2,2-3H3;1H4/t21?,22?,23?,25-,26+;/m1./s1. The third kappa shape index (κ3) is 3.76. The van der Waals surface area contributed by atoms with Crippen LogP contribution in [0.15, 0.2) is 39.6 Å². The summed E-state index contributed by atoms with van der Waals surface area (Å²) in [6, 6.07) is 0. The lowest BCUT2D eigenvalue weighted by molar-refractivity contribution is -0.0226. The van der Waals surface area contributed by atoms with Crippen LogP contribution in [-0.2, 0) is 17.8 Å². The van der Waals surface area contributed by atoms with E-state index in [1.807, 2.05) is 0 Å². The fourth-order valence-corrected chi connectivity index (χ4v) is 7.37. The van der Waals surface area contributed by atoms with E-state index in [0.29, 0.717) is 42.1 Å². The lowest BCUT2D eigenvalue weighted by Crippen LogP contribution is -2.49. The number of oxazole rings is 1. The molecule has 176 valence electrons. The van der Waals surface area contributed by atoms with Gasteiger partial charge in [0.1, 0.15) is 12.4 Å². The third-order valence-electron chi connectivity index (χ3n) is 9.32. The van der Waals surface area contributed by atoms with Gasteiger partial charge in [-0.2, -0.15) is 0 Å². The molecular formula is C27H41N3O2. The molecule has 4 aliphatic rings. The Labute approximate surface area is 193 Å². The number of oxime groups is 1. The number of allylic oxidation sites excluding steroid dienone is 3. The van der Waals surface area contributed by atoms with Crippen molar-refractivity contribution in [1.29, 1.82) is 0 Å². The van der Waals surface area contributed by atoms with Crippen LogP contribution >= 0.6 is 0 Å². The second-order valence-corrected chi connectivity index (χ2v) is 10.7. The molecule has 5 heteroatoms. The van der Waals surface area contributed by atoms with Gasteiger partial charge in [0.15, 0.2) is 5.89 Å². The molecule has 1 heterocycles. The molecule has 1 aromatic heterocycles. The van der Waals surface area contributed by atoms with E-state index >= 15 is 0 Å². The summed E-state index contributed by atoms with van der Waals surface area (Å²) in [4.78, 5) is 9.84. The van der Waals surface area contributed by atoms with E-state index in [9.17, 15) is 0 Å². The number of nitrogens with two attached hydrogens (primary N) is 1. The van der Waals surface area contributed by atoms with Gasteiger partial charge in [0.25, 0.3) is 0 Å². The first-order valence-corrected chi connectivity index (χ1v) is 12.2. The highest BCUT2D eigenvalue weighted by atomic mass is 16.6. The molecule has 3 fully saturated rings. The molecule has 0 radical (unpaired) electrons. The van der Waals surface area contributed by atoms with Gasteiger partial charge in [0, 0.05) is 0 Å². The quantitative estimate of drug-likeness (QED) is 0.336. The minimum atomic E-state index is 0. The molecule has 0 aromatic carbocycles. The van der Waals surface area contributed by atoms with Crippen LogP contribution in [0.4, 0.5) is 0 Å². The van der Waals surface area contributed by atoms with Gasteiger partial charge < -0.3 is 15.0 Å². The summed E-state index contributed by atoms with van der Waals surface area (Å²) in [6.45, 7) is 10.4. The van der Waals surface area contributed by atoms with Gasteiger partial charge in [0.2, 0.25) is 0 Å². The lowest BCUT2D eigenvalue weighted by atomic mass is 9.47. The van der Waals surface area contributed by atoms with Crippen molar-refractivity contribution < 1.29 is 9.25 Å². The molecule has 3 saturated carbocycles. The first-order chi connectivity index (χ1) is 14.9. The maximum absolute atomic E-state index is 5.62. The summed E-state index contributed by atoms with van der Waals surface area (Å²) in [5, 5.41) is 4.46. The molecule has 0 amide bonds. The average Bonchev–Trinajstić information content (AvgIpc) is 3.35. The molecule has 0 spiro atoms. The molecule has 0 saturated heterocycles. The molecule has 32 heavy (non-hydrogen) atoms. The van der Waals surface area contributed by atoms with Gasteiger partial charge in [-0.1, -0.05) is 44.2 Å². The first-order valence-electron chi connectivity index (χ1n) is 12.2. The van der Waals surface area contributed by atoms with Crippen LogP contribution in [0, 0.1) is 28.6 Å². The summed E-state index contributed by atoms with van der Waals surface area (Å²) in [7, 11) is 0. The van der Waals surface area contributed by atoms with Gasteiger partial charge in [-0.25, -0.2) is 4.98 Å².